The predicted octanol–water partition coefficient (Wildman–Crippen LogP) is 2.61. The van der Waals surface area contributed by atoms with E-state index in [-0.39, 0.29) is 0 Å². The Balaban J connectivity index is 1.97. The van der Waals surface area contributed by atoms with Crippen LogP contribution in [0.3, 0.4) is 0 Å². The fraction of sp³-hybridized carbons (Fsp3) is 0.571. The molecule has 0 radical (unpaired) electrons. The molecule has 1 heterocycles. The summed E-state index contributed by atoms with van der Waals surface area (Å²) in [4.78, 5) is 2.37. The highest BCUT2D eigenvalue weighted by Gasteiger charge is 2.18. The lowest BCUT2D eigenvalue weighted by Crippen LogP contribution is -2.40. The van der Waals surface area contributed by atoms with Gasteiger partial charge in [-0.1, -0.05) is 18.0 Å². The number of nitrogens with one attached hydrogen (secondary N) is 2. The number of piperidine rings is 1. The number of hydrogen-bond acceptors (Lipinski definition) is 4. The van der Waals surface area contributed by atoms with Gasteiger partial charge in [-0.2, -0.15) is 0 Å². The summed E-state index contributed by atoms with van der Waals surface area (Å²) in [7, 11) is -1.16. The maximum Gasteiger partial charge on any atom is 0.229 e. The molecule has 2 rings (SSSR count). The molecule has 0 saturated carbocycles. The maximum absolute atomic E-state index is 11.2. The van der Waals surface area contributed by atoms with Crippen LogP contribution < -0.4 is 10.0 Å². The minimum atomic E-state index is -3.31. The number of sulfonamides is 1. The largest absolute Gasteiger partial charge is 0.383 e. The molecule has 1 aromatic rings. The van der Waals surface area contributed by atoms with Gasteiger partial charge >= 0.3 is 0 Å². The fourth-order valence-corrected chi connectivity index (χ4v) is 3.41. The van der Waals surface area contributed by atoms with Crippen LogP contribution in [0.4, 0.5) is 11.4 Å². The SMILES string of the molecule is CN1CCCCC1CNc1ccc(NS(C)(=O)=O)c(Cl)c1. The number of halogens is 1. The van der Waals surface area contributed by atoms with E-state index in [2.05, 4.69) is 22.0 Å². The smallest absolute Gasteiger partial charge is 0.229 e. The Morgan fingerprint density at radius 1 is 1.38 bits per heavy atom. The predicted molar refractivity (Wildman–Crippen MR) is 88.7 cm³/mol. The molecule has 0 aromatic heterocycles. The topological polar surface area (TPSA) is 61.4 Å². The maximum atomic E-state index is 11.2. The minimum Gasteiger partial charge on any atom is -0.383 e. The average molecular weight is 332 g/mol. The van der Waals surface area contributed by atoms with Crippen LogP contribution in [0.5, 0.6) is 0 Å². The Morgan fingerprint density at radius 3 is 2.76 bits per heavy atom. The molecule has 1 aliphatic heterocycles. The van der Waals surface area contributed by atoms with Crippen LogP contribution in [0.15, 0.2) is 18.2 Å². The number of anilines is 2. The van der Waals surface area contributed by atoms with Crippen molar-refractivity contribution in [3.8, 4) is 0 Å². The van der Waals surface area contributed by atoms with Gasteiger partial charge in [0.15, 0.2) is 0 Å². The second kappa shape index (κ2) is 6.85. The van der Waals surface area contributed by atoms with Crippen molar-refractivity contribution in [1.29, 1.82) is 0 Å². The van der Waals surface area contributed by atoms with E-state index in [0.29, 0.717) is 16.8 Å². The van der Waals surface area contributed by atoms with E-state index in [0.717, 1.165) is 25.0 Å². The molecule has 1 atom stereocenters. The molecule has 1 fully saturated rings. The molecule has 0 aliphatic carbocycles. The van der Waals surface area contributed by atoms with Crippen molar-refractivity contribution < 1.29 is 8.42 Å². The van der Waals surface area contributed by atoms with Crippen LogP contribution in [-0.4, -0.2) is 45.8 Å². The lowest BCUT2D eigenvalue weighted by Gasteiger charge is -2.32. The van der Waals surface area contributed by atoms with Gasteiger partial charge in [0.2, 0.25) is 10.0 Å². The van der Waals surface area contributed by atoms with Gasteiger partial charge in [0, 0.05) is 18.3 Å². The van der Waals surface area contributed by atoms with Crippen molar-refractivity contribution in [1.82, 2.24) is 4.90 Å². The first-order valence-corrected chi connectivity index (χ1v) is 9.33. The molecule has 0 amide bonds. The Morgan fingerprint density at radius 2 is 2.14 bits per heavy atom. The highest BCUT2D eigenvalue weighted by atomic mass is 35.5. The van der Waals surface area contributed by atoms with Crippen molar-refractivity contribution in [3.63, 3.8) is 0 Å². The Hall–Kier alpha value is -0.980. The summed E-state index contributed by atoms with van der Waals surface area (Å²) in [5.41, 5.74) is 1.30. The van der Waals surface area contributed by atoms with Crippen LogP contribution in [-0.2, 0) is 10.0 Å². The zero-order chi connectivity index (χ0) is 15.5. The zero-order valence-electron chi connectivity index (χ0n) is 12.4. The Labute approximate surface area is 131 Å². The third-order valence-corrected chi connectivity index (χ3v) is 4.63. The second-order valence-corrected chi connectivity index (χ2v) is 7.74. The van der Waals surface area contributed by atoms with Gasteiger partial charge in [0.05, 0.1) is 17.0 Å². The van der Waals surface area contributed by atoms with Crippen LogP contribution in [0.1, 0.15) is 19.3 Å². The molecule has 1 saturated heterocycles. The number of hydrogen-bond donors (Lipinski definition) is 2. The molecule has 1 unspecified atom stereocenters. The van der Waals surface area contributed by atoms with Crippen molar-refractivity contribution in [2.24, 2.45) is 0 Å². The van der Waals surface area contributed by atoms with Gasteiger partial charge < -0.3 is 10.2 Å². The molecule has 0 bridgehead atoms. The van der Waals surface area contributed by atoms with E-state index in [9.17, 15) is 8.42 Å². The summed E-state index contributed by atoms with van der Waals surface area (Å²) < 4.78 is 24.8. The molecule has 5 nitrogen and oxygen atoms in total. The molecule has 21 heavy (non-hydrogen) atoms. The summed E-state index contributed by atoms with van der Waals surface area (Å²) in [5, 5.41) is 3.76. The van der Waals surface area contributed by atoms with Crippen LogP contribution in [0, 0.1) is 0 Å². The first kappa shape index (κ1) is 16.4. The average Bonchev–Trinajstić information content (AvgIpc) is 2.39. The van der Waals surface area contributed by atoms with Crippen LogP contribution in [0.2, 0.25) is 5.02 Å². The van der Waals surface area contributed by atoms with E-state index in [4.69, 9.17) is 11.6 Å². The first-order valence-electron chi connectivity index (χ1n) is 7.06. The van der Waals surface area contributed by atoms with Gasteiger partial charge in [-0.05, 0) is 44.6 Å². The number of likely N-dealkylation sites (tertiary alicyclic amines) is 1. The van der Waals surface area contributed by atoms with Crippen LogP contribution >= 0.6 is 11.6 Å². The summed E-state index contributed by atoms with van der Waals surface area (Å²) in [6, 6.07) is 5.79. The van der Waals surface area contributed by atoms with Crippen molar-refractivity contribution in [2.45, 2.75) is 25.3 Å². The molecular formula is C14H22ClN3O2S. The highest BCUT2D eigenvalue weighted by molar-refractivity contribution is 7.92. The summed E-state index contributed by atoms with van der Waals surface area (Å²) in [5.74, 6) is 0. The second-order valence-electron chi connectivity index (χ2n) is 5.58. The Bertz CT molecular complexity index is 592. The number of benzene rings is 1. The first-order chi connectivity index (χ1) is 9.85. The normalized spacial score (nSPS) is 20.2. The quantitative estimate of drug-likeness (QED) is 0.870. The standard InChI is InChI=1S/C14H22ClN3O2S/c1-18-8-4-3-5-12(18)10-16-11-6-7-14(13(15)9-11)17-21(2,19)20/h6-7,9,12,16-17H,3-5,8,10H2,1-2H3. The van der Waals surface area contributed by atoms with Crippen molar-refractivity contribution >= 4 is 33.0 Å². The van der Waals surface area contributed by atoms with Crippen molar-refractivity contribution in [3.05, 3.63) is 23.2 Å². The third-order valence-electron chi connectivity index (χ3n) is 3.73. The molecule has 2 N–H and O–H groups in total. The van der Waals surface area contributed by atoms with E-state index < -0.39 is 10.0 Å². The van der Waals surface area contributed by atoms with E-state index in [1.165, 1.54) is 19.3 Å². The zero-order valence-corrected chi connectivity index (χ0v) is 14.0. The minimum absolute atomic E-state index is 0.391. The van der Waals surface area contributed by atoms with E-state index in [1.807, 2.05) is 6.07 Å². The van der Waals surface area contributed by atoms with Gasteiger partial charge in [-0.15, -0.1) is 0 Å². The van der Waals surface area contributed by atoms with Gasteiger partial charge in [0.25, 0.3) is 0 Å². The van der Waals surface area contributed by atoms with Gasteiger partial charge in [-0.3, -0.25) is 4.72 Å². The fourth-order valence-electron chi connectivity index (χ4n) is 2.55. The molecule has 0 spiro atoms. The summed E-state index contributed by atoms with van der Waals surface area (Å²) >= 11 is 6.11. The van der Waals surface area contributed by atoms with Crippen molar-refractivity contribution in [2.75, 3.05) is 36.4 Å². The van der Waals surface area contributed by atoms with E-state index in [1.54, 1.807) is 12.1 Å². The molecular weight excluding hydrogens is 310 g/mol. The number of rotatable bonds is 5. The lowest BCUT2D eigenvalue weighted by molar-refractivity contribution is 0.194. The Kier molecular flexibility index (Phi) is 5.35. The number of nitrogens with zero attached hydrogens (tertiary/aromatic N) is 1. The molecule has 1 aliphatic rings. The summed E-state index contributed by atoms with van der Waals surface area (Å²) in [6.45, 7) is 2.01. The van der Waals surface area contributed by atoms with Crippen LogP contribution in [0.25, 0.3) is 0 Å². The van der Waals surface area contributed by atoms with Gasteiger partial charge in [0.1, 0.15) is 0 Å². The summed E-state index contributed by atoms with van der Waals surface area (Å²) in [6.07, 6.45) is 4.85. The van der Waals surface area contributed by atoms with E-state index >= 15 is 0 Å². The molecule has 1 aromatic carbocycles. The third kappa shape index (κ3) is 5.05. The monoisotopic (exact) mass is 331 g/mol. The van der Waals surface area contributed by atoms with Gasteiger partial charge in [-0.25, -0.2) is 8.42 Å². The molecule has 7 heteroatoms. The molecule has 118 valence electrons. The lowest BCUT2D eigenvalue weighted by atomic mass is 10.0. The highest BCUT2D eigenvalue weighted by Crippen LogP contribution is 2.26. The number of likely N-dealkylation sites (N-methyl/N-ethyl adjacent to an activating group) is 1.